The fourth-order valence-electron chi connectivity index (χ4n) is 3.38. The number of fused-ring (bicyclic) bond motifs is 1. The summed E-state index contributed by atoms with van der Waals surface area (Å²) in [6.07, 6.45) is 1.51. The van der Waals surface area contributed by atoms with E-state index in [1.807, 2.05) is 31.2 Å². The van der Waals surface area contributed by atoms with Gasteiger partial charge >= 0.3 is 0 Å². The molecule has 3 aromatic rings. The molecule has 6 heteroatoms. The second-order valence-electron chi connectivity index (χ2n) is 6.76. The molecule has 1 fully saturated rings. The SMILES string of the molecule is Cc1ccc2cc(CN3CCN(C(=O)c4ccco4)CC3)c(=O)[nH]c2c1. The summed E-state index contributed by atoms with van der Waals surface area (Å²) in [5.41, 5.74) is 2.70. The second kappa shape index (κ2) is 6.80. The van der Waals surface area contributed by atoms with Gasteiger partial charge in [0.15, 0.2) is 5.76 Å². The number of furan rings is 1. The van der Waals surface area contributed by atoms with Crippen LogP contribution in [0.2, 0.25) is 0 Å². The van der Waals surface area contributed by atoms with Gasteiger partial charge in [0, 0.05) is 43.8 Å². The molecule has 26 heavy (non-hydrogen) atoms. The topological polar surface area (TPSA) is 69.5 Å². The zero-order chi connectivity index (χ0) is 18.1. The third kappa shape index (κ3) is 3.28. The van der Waals surface area contributed by atoms with Crippen molar-refractivity contribution in [2.45, 2.75) is 13.5 Å². The van der Waals surface area contributed by atoms with E-state index in [9.17, 15) is 9.59 Å². The van der Waals surface area contributed by atoms with Crippen LogP contribution < -0.4 is 5.56 Å². The molecule has 0 bridgehead atoms. The van der Waals surface area contributed by atoms with Crippen molar-refractivity contribution in [3.63, 3.8) is 0 Å². The minimum absolute atomic E-state index is 0.0443. The van der Waals surface area contributed by atoms with Crippen LogP contribution in [0, 0.1) is 6.92 Å². The van der Waals surface area contributed by atoms with Crippen LogP contribution in [0.5, 0.6) is 0 Å². The van der Waals surface area contributed by atoms with Crippen LogP contribution in [0.4, 0.5) is 0 Å². The number of hydrogen-bond acceptors (Lipinski definition) is 4. The maximum Gasteiger partial charge on any atom is 0.289 e. The van der Waals surface area contributed by atoms with Crippen molar-refractivity contribution in [2.24, 2.45) is 0 Å². The van der Waals surface area contributed by atoms with Crippen LogP contribution in [0.25, 0.3) is 10.9 Å². The monoisotopic (exact) mass is 351 g/mol. The van der Waals surface area contributed by atoms with E-state index >= 15 is 0 Å². The molecule has 1 saturated heterocycles. The number of hydrogen-bond donors (Lipinski definition) is 1. The highest BCUT2D eigenvalue weighted by atomic mass is 16.3. The van der Waals surface area contributed by atoms with Crippen molar-refractivity contribution in [1.82, 2.24) is 14.8 Å². The molecule has 1 N–H and O–H groups in total. The van der Waals surface area contributed by atoms with E-state index in [1.54, 1.807) is 17.0 Å². The molecule has 1 aliphatic heterocycles. The molecule has 0 spiro atoms. The fourth-order valence-corrected chi connectivity index (χ4v) is 3.38. The lowest BCUT2D eigenvalue weighted by molar-refractivity contribution is 0.0597. The molecule has 3 heterocycles. The van der Waals surface area contributed by atoms with Gasteiger partial charge in [-0.05, 0) is 42.1 Å². The molecule has 1 amide bonds. The van der Waals surface area contributed by atoms with Gasteiger partial charge < -0.3 is 14.3 Å². The summed E-state index contributed by atoms with van der Waals surface area (Å²) < 4.78 is 5.19. The van der Waals surface area contributed by atoms with E-state index < -0.39 is 0 Å². The Kier molecular flexibility index (Phi) is 4.34. The first kappa shape index (κ1) is 16.6. The Morgan fingerprint density at radius 3 is 2.69 bits per heavy atom. The standard InChI is InChI=1S/C20H21N3O3/c1-14-4-5-15-12-16(19(24)21-17(15)11-14)13-22-6-8-23(9-7-22)20(25)18-3-2-10-26-18/h2-5,10-12H,6-9,13H2,1H3,(H,21,24). The molecule has 1 aromatic carbocycles. The largest absolute Gasteiger partial charge is 0.459 e. The number of aryl methyl sites for hydroxylation is 1. The molecular weight excluding hydrogens is 330 g/mol. The zero-order valence-corrected chi connectivity index (χ0v) is 14.7. The van der Waals surface area contributed by atoms with Gasteiger partial charge in [-0.3, -0.25) is 14.5 Å². The van der Waals surface area contributed by atoms with Crippen molar-refractivity contribution >= 4 is 16.8 Å². The predicted molar refractivity (Wildman–Crippen MR) is 99.2 cm³/mol. The quantitative estimate of drug-likeness (QED) is 0.787. The molecule has 134 valence electrons. The van der Waals surface area contributed by atoms with Gasteiger partial charge in [0.05, 0.1) is 6.26 Å². The number of amides is 1. The van der Waals surface area contributed by atoms with Crippen LogP contribution in [0.15, 0.2) is 51.9 Å². The Labute approximate surface area is 151 Å². The van der Waals surface area contributed by atoms with Gasteiger partial charge in [-0.2, -0.15) is 0 Å². The summed E-state index contributed by atoms with van der Waals surface area (Å²) in [6, 6.07) is 11.4. The lowest BCUT2D eigenvalue weighted by atomic mass is 10.1. The summed E-state index contributed by atoms with van der Waals surface area (Å²) in [4.78, 5) is 31.7. The smallest absolute Gasteiger partial charge is 0.289 e. The number of carbonyl (C=O) groups is 1. The van der Waals surface area contributed by atoms with E-state index in [4.69, 9.17) is 4.42 Å². The summed E-state index contributed by atoms with van der Waals surface area (Å²) in [6.45, 7) is 5.32. The highest BCUT2D eigenvalue weighted by Crippen LogP contribution is 2.15. The van der Waals surface area contributed by atoms with E-state index in [1.165, 1.54) is 6.26 Å². The van der Waals surface area contributed by atoms with Crippen molar-refractivity contribution in [3.05, 3.63) is 69.9 Å². The molecule has 0 aliphatic carbocycles. The average molecular weight is 351 g/mol. The third-order valence-corrected chi connectivity index (χ3v) is 4.86. The molecule has 4 rings (SSSR count). The van der Waals surface area contributed by atoms with Gasteiger partial charge in [-0.25, -0.2) is 0 Å². The fraction of sp³-hybridized carbons (Fsp3) is 0.300. The first-order valence-electron chi connectivity index (χ1n) is 8.78. The number of carbonyl (C=O) groups excluding carboxylic acids is 1. The van der Waals surface area contributed by atoms with E-state index in [-0.39, 0.29) is 11.5 Å². The number of benzene rings is 1. The number of aromatic amines is 1. The van der Waals surface area contributed by atoms with Crippen molar-refractivity contribution in [2.75, 3.05) is 26.2 Å². The highest BCUT2D eigenvalue weighted by Gasteiger charge is 2.24. The first-order valence-corrected chi connectivity index (χ1v) is 8.78. The Morgan fingerprint density at radius 1 is 1.15 bits per heavy atom. The van der Waals surface area contributed by atoms with E-state index in [0.29, 0.717) is 25.4 Å². The molecular formula is C20H21N3O3. The summed E-state index contributed by atoms with van der Waals surface area (Å²) in [5, 5.41) is 1.04. The second-order valence-corrected chi connectivity index (χ2v) is 6.76. The number of nitrogens with one attached hydrogen (secondary N) is 1. The minimum atomic E-state index is -0.0754. The predicted octanol–water partition coefficient (Wildman–Crippen LogP) is 2.39. The van der Waals surface area contributed by atoms with Gasteiger partial charge in [0.25, 0.3) is 11.5 Å². The Bertz CT molecular complexity index is 983. The number of piperazine rings is 1. The van der Waals surface area contributed by atoms with Crippen LogP contribution in [-0.2, 0) is 6.54 Å². The van der Waals surface area contributed by atoms with Crippen LogP contribution in [0.3, 0.4) is 0 Å². The van der Waals surface area contributed by atoms with Gasteiger partial charge in [-0.15, -0.1) is 0 Å². The van der Waals surface area contributed by atoms with Crippen molar-refractivity contribution < 1.29 is 9.21 Å². The van der Waals surface area contributed by atoms with E-state index in [0.717, 1.165) is 35.1 Å². The van der Waals surface area contributed by atoms with Crippen molar-refractivity contribution in [1.29, 1.82) is 0 Å². The Morgan fingerprint density at radius 2 is 1.96 bits per heavy atom. The Balaban J connectivity index is 1.44. The molecule has 0 unspecified atom stereocenters. The lowest BCUT2D eigenvalue weighted by Crippen LogP contribution is -2.48. The summed E-state index contributed by atoms with van der Waals surface area (Å²) in [7, 11) is 0. The number of H-pyrrole nitrogens is 1. The highest BCUT2D eigenvalue weighted by molar-refractivity contribution is 5.91. The number of pyridine rings is 1. The van der Waals surface area contributed by atoms with Crippen molar-refractivity contribution in [3.8, 4) is 0 Å². The third-order valence-electron chi connectivity index (χ3n) is 4.86. The summed E-state index contributed by atoms with van der Waals surface area (Å²) in [5.74, 6) is 0.299. The Hall–Kier alpha value is -2.86. The van der Waals surface area contributed by atoms with Crippen LogP contribution in [0.1, 0.15) is 21.7 Å². The average Bonchev–Trinajstić information content (AvgIpc) is 3.17. The zero-order valence-electron chi connectivity index (χ0n) is 14.7. The van der Waals surface area contributed by atoms with Gasteiger partial charge in [-0.1, -0.05) is 12.1 Å². The number of rotatable bonds is 3. The molecule has 6 nitrogen and oxygen atoms in total. The lowest BCUT2D eigenvalue weighted by Gasteiger charge is -2.34. The first-order chi connectivity index (χ1) is 12.6. The van der Waals surface area contributed by atoms with Crippen LogP contribution in [-0.4, -0.2) is 46.9 Å². The molecule has 0 saturated carbocycles. The van der Waals surface area contributed by atoms with Crippen LogP contribution >= 0.6 is 0 Å². The van der Waals surface area contributed by atoms with Gasteiger partial charge in [0.2, 0.25) is 0 Å². The maximum absolute atomic E-state index is 12.4. The summed E-state index contributed by atoms with van der Waals surface area (Å²) >= 11 is 0. The normalized spacial score (nSPS) is 15.5. The minimum Gasteiger partial charge on any atom is -0.459 e. The molecule has 1 aliphatic rings. The molecule has 2 aromatic heterocycles. The van der Waals surface area contributed by atoms with Gasteiger partial charge in [0.1, 0.15) is 0 Å². The molecule has 0 atom stereocenters. The maximum atomic E-state index is 12.4. The molecule has 0 radical (unpaired) electrons. The number of aromatic nitrogens is 1. The number of nitrogens with zero attached hydrogens (tertiary/aromatic N) is 2. The van der Waals surface area contributed by atoms with E-state index in [2.05, 4.69) is 9.88 Å².